The first-order chi connectivity index (χ1) is 6.13. The van der Waals surface area contributed by atoms with Crippen LogP contribution >= 0.6 is 0 Å². The van der Waals surface area contributed by atoms with Gasteiger partial charge in [-0.3, -0.25) is 4.79 Å². The number of hydrogen-bond acceptors (Lipinski definition) is 1. The molecule has 1 nitrogen and oxygen atoms in total. The molecule has 2 aliphatic carbocycles. The van der Waals surface area contributed by atoms with Crippen molar-refractivity contribution < 1.29 is 4.79 Å². The van der Waals surface area contributed by atoms with Gasteiger partial charge in [0.2, 0.25) is 0 Å². The fourth-order valence-corrected chi connectivity index (χ4v) is 2.90. The number of carbonyl (C=O) groups excluding carboxylic acids is 1. The molecule has 1 fully saturated rings. The molecule has 2 aliphatic rings. The van der Waals surface area contributed by atoms with E-state index in [9.17, 15) is 4.79 Å². The molecule has 0 N–H and O–H groups in total. The molecule has 0 unspecified atom stereocenters. The molecule has 2 rings (SSSR count). The zero-order valence-corrected chi connectivity index (χ0v) is 8.55. The van der Waals surface area contributed by atoms with Crippen molar-refractivity contribution in [3.05, 3.63) is 12.2 Å². The highest BCUT2D eigenvalue weighted by Crippen LogP contribution is 2.49. The topological polar surface area (TPSA) is 17.1 Å². The molecule has 0 bridgehead atoms. The Morgan fingerprint density at radius 2 is 2.23 bits per heavy atom. The van der Waals surface area contributed by atoms with Crippen molar-refractivity contribution in [1.82, 2.24) is 0 Å². The molecule has 0 aromatic rings. The number of allylic oxidation sites excluding steroid dienone is 2. The van der Waals surface area contributed by atoms with Gasteiger partial charge in [0.05, 0.1) is 0 Å². The lowest BCUT2D eigenvalue weighted by Crippen LogP contribution is -2.39. The maximum absolute atomic E-state index is 11.3. The molecule has 0 radical (unpaired) electrons. The summed E-state index contributed by atoms with van der Waals surface area (Å²) in [6, 6.07) is 0. The Bertz CT molecular complexity index is 254. The average molecular weight is 178 g/mol. The van der Waals surface area contributed by atoms with E-state index in [0.29, 0.717) is 17.1 Å². The fraction of sp³-hybridized carbons (Fsp3) is 0.750. The second kappa shape index (κ2) is 2.97. The van der Waals surface area contributed by atoms with Gasteiger partial charge < -0.3 is 0 Å². The molecular formula is C12H18O. The number of fused-ring (bicyclic) bond motifs is 1. The first-order valence-electron chi connectivity index (χ1n) is 5.35. The highest BCUT2D eigenvalue weighted by Gasteiger charge is 2.42. The molecule has 0 aromatic heterocycles. The van der Waals surface area contributed by atoms with Crippen LogP contribution in [0.3, 0.4) is 0 Å². The second-order valence-electron chi connectivity index (χ2n) is 4.90. The van der Waals surface area contributed by atoms with E-state index in [0.717, 1.165) is 12.3 Å². The van der Waals surface area contributed by atoms with Gasteiger partial charge in [-0.1, -0.05) is 26.3 Å². The smallest absolute Gasteiger partial charge is 0.155 e. The average Bonchev–Trinajstić information content (AvgIpc) is 2.09. The molecule has 72 valence electrons. The SMILES string of the molecule is C[C@@H]1CCC[C@@H]2CC(=O)C=C[C@]21C. The lowest BCUT2D eigenvalue weighted by atomic mass is 9.58. The van der Waals surface area contributed by atoms with E-state index in [4.69, 9.17) is 0 Å². The Morgan fingerprint density at radius 3 is 3.00 bits per heavy atom. The molecule has 0 aliphatic heterocycles. The van der Waals surface area contributed by atoms with Crippen molar-refractivity contribution in [2.75, 3.05) is 0 Å². The van der Waals surface area contributed by atoms with Crippen molar-refractivity contribution in [1.29, 1.82) is 0 Å². The van der Waals surface area contributed by atoms with Gasteiger partial charge in [0.25, 0.3) is 0 Å². The normalized spacial score (nSPS) is 44.6. The fourth-order valence-electron chi connectivity index (χ4n) is 2.90. The van der Waals surface area contributed by atoms with Crippen LogP contribution in [0.5, 0.6) is 0 Å². The standard InChI is InChI=1S/C12H18O/c1-9-4-3-5-10-8-11(13)6-7-12(9,10)2/h6-7,9-10H,3-5,8H2,1-2H3/t9-,10-,12+/m1/s1. The molecule has 0 saturated heterocycles. The Kier molecular flexibility index (Phi) is 2.05. The quantitative estimate of drug-likeness (QED) is 0.557. The van der Waals surface area contributed by atoms with E-state index in [-0.39, 0.29) is 0 Å². The van der Waals surface area contributed by atoms with Gasteiger partial charge in [0.15, 0.2) is 5.78 Å². The summed E-state index contributed by atoms with van der Waals surface area (Å²) in [4.78, 5) is 11.3. The second-order valence-corrected chi connectivity index (χ2v) is 4.90. The molecule has 0 heterocycles. The molecule has 1 saturated carbocycles. The van der Waals surface area contributed by atoms with Crippen LogP contribution in [-0.4, -0.2) is 5.78 Å². The summed E-state index contributed by atoms with van der Waals surface area (Å²) in [6.07, 6.45) is 8.65. The van der Waals surface area contributed by atoms with Gasteiger partial charge in [-0.2, -0.15) is 0 Å². The lowest BCUT2D eigenvalue weighted by molar-refractivity contribution is -0.118. The molecule has 0 amide bonds. The van der Waals surface area contributed by atoms with Gasteiger partial charge in [-0.05, 0) is 36.2 Å². The molecule has 3 atom stereocenters. The van der Waals surface area contributed by atoms with Crippen LogP contribution in [0, 0.1) is 17.3 Å². The molecule has 13 heavy (non-hydrogen) atoms. The van der Waals surface area contributed by atoms with Crippen LogP contribution in [0.25, 0.3) is 0 Å². The molecule has 1 heteroatoms. The summed E-state index contributed by atoms with van der Waals surface area (Å²) in [5, 5.41) is 0. The lowest BCUT2D eigenvalue weighted by Gasteiger charge is -2.46. The first kappa shape index (κ1) is 8.98. The van der Waals surface area contributed by atoms with Crippen LogP contribution in [-0.2, 0) is 4.79 Å². The summed E-state index contributed by atoms with van der Waals surface area (Å²) >= 11 is 0. The number of hydrogen-bond donors (Lipinski definition) is 0. The Morgan fingerprint density at radius 1 is 1.46 bits per heavy atom. The van der Waals surface area contributed by atoms with E-state index in [1.54, 1.807) is 6.08 Å². The predicted octanol–water partition coefficient (Wildman–Crippen LogP) is 2.96. The van der Waals surface area contributed by atoms with Crippen LogP contribution < -0.4 is 0 Å². The van der Waals surface area contributed by atoms with Crippen LogP contribution in [0.4, 0.5) is 0 Å². The van der Waals surface area contributed by atoms with Crippen molar-refractivity contribution in [3.8, 4) is 0 Å². The van der Waals surface area contributed by atoms with E-state index < -0.39 is 0 Å². The summed E-state index contributed by atoms with van der Waals surface area (Å²) in [5.74, 6) is 1.70. The van der Waals surface area contributed by atoms with Crippen molar-refractivity contribution >= 4 is 5.78 Å². The maximum Gasteiger partial charge on any atom is 0.155 e. The zero-order valence-electron chi connectivity index (χ0n) is 8.55. The number of ketones is 1. The summed E-state index contributed by atoms with van der Waals surface area (Å²) in [6.45, 7) is 4.65. The Labute approximate surface area is 80.2 Å². The van der Waals surface area contributed by atoms with Crippen molar-refractivity contribution in [3.63, 3.8) is 0 Å². The molecule has 0 aromatic carbocycles. The van der Waals surface area contributed by atoms with Gasteiger partial charge in [-0.25, -0.2) is 0 Å². The van der Waals surface area contributed by atoms with E-state index in [1.165, 1.54) is 19.3 Å². The van der Waals surface area contributed by atoms with E-state index >= 15 is 0 Å². The highest BCUT2D eigenvalue weighted by atomic mass is 16.1. The third-order valence-corrected chi connectivity index (χ3v) is 4.21. The van der Waals surface area contributed by atoms with Gasteiger partial charge in [0, 0.05) is 6.42 Å². The first-order valence-corrected chi connectivity index (χ1v) is 5.35. The van der Waals surface area contributed by atoms with Gasteiger partial charge in [-0.15, -0.1) is 0 Å². The summed E-state index contributed by atoms with van der Waals surface area (Å²) in [7, 11) is 0. The minimum Gasteiger partial charge on any atom is -0.295 e. The maximum atomic E-state index is 11.3. The van der Waals surface area contributed by atoms with Crippen LogP contribution in [0.15, 0.2) is 12.2 Å². The highest BCUT2D eigenvalue weighted by molar-refractivity contribution is 5.91. The van der Waals surface area contributed by atoms with Gasteiger partial charge >= 0.3 is 0 Å². The monoisotopic (exact) mass is 178 g/mol. The van der Waals surface area contributed by atoms with E-state index in [1.807, 2.05) is 0 Å². The van der Waals surface area contributed by atoms with E-state index in [2.05, 4.69) is 19.9 Å². The largest absolute Gasteiger partial charge is 0.295 e. The van der Waals surface area contributed by atoms with Crippen molar-refractivity contribution in [2.45, 2.75) is 39.5 Å². The predicted molar refractivity (Wildman–Crippen MR) is 53.4 cm³/mol. The summed E-state index contributed by atoms with van der Waals surface area (Å²) in [5.41, 5.74) is 0.312. The summed E-state index contributed by atoms with van der Waals surface area (Å²) < 4.78 is 0. The number of rotatable bonds is 0. The minimum atomic E-state index is 0.312. The molecule has 0 spiro atoms. The van der Waals surface area contributed by atoms with Crippen LogP contribution in [0.1, 0.15) is 39.5 Å². The molecular weight excluding hydrogens is 160 g/mol. The zero-order chi connectivity index (χ0) is 9.47. The third-order valence-electron chi connectivity index (χ3n) is 4.21. The minimum absolute atomic E-state index is 0.312. The van der Waals surface area contributed by atoms with Crippen molar-refractivity contribution in [2.24, 2.45) is 17.3 Å². The Balaban J connectivity index is 2.30. The number of carbonyl (C=O) groups is 1. The van der Waals surface area contributed by atoms with Crippen LogP contribution in [0.2, 0.25) is 0 Å². The third kappa shape index (κ3) is 1.34. The Hall–Kier alpha value is -0.590. The van der Waals surface area contributed by atoms with Gasteiger partial charge in [0.1, 0.15) is 0 Å².